The lowest BCUT2D eigenvalue weighted by Gasteiger charge is -2.12. The molecule has 148 valence electrons. The fourth-order valence-corrected chi connectivity index (χ4v) is 2.97. The second-order valence-electron chi connectivity index (χ2n) is 6.65. The van der Waals surface area contributed by atoms with Gasteiger partial charge in [-0.1, -0.05) is 30.3 Å². The largest absolute Gasteiger partial charge is 0.444 e. The number of imidazole rings is 1. The van der Waals surface area contributed by atoms with E-state index in [0.29, 0.717) is 24.9 Å². The van der Waals surface area contributed by atoms with Crippen molar-refractivity contribution in [3.05, 3.63) is 71.5 Å². The minimum atomic E-state index is 0.486. The van der Waals surface area contributed by atoms with Crippen molar-refractivity contribution in [3.63, 3.8) is 0 Å². The SMILES string of the molecule is CN=C(NCc1nc(C)c(C)o1)NCc1nccn1CCCc1ccccc1. The summed E-state index contributed by atoms with van der Waals surface area (Å²) in [5, 5.41) is 6.52. The summed E-state index contributed by atoms with van der Waals surface area (Å²) in [4.78, 5) is 13.1. The molecule has 7 nitrogen and oxygen atoms in total. The van der Waals surface area contributed by atoms with Crippen LogP contribution in [0.25, 0.3) is 0 Å². The summed E-state index contributed by atoms with van der Waals surface area (Å²) in [6, 6.07) is 10.6. The Bertz CT molecular complexity index is 877. The first-order chi connectivity index (χ1) is 13.7. The van der Waals surface area contributed by atoms with Crippen LogP contribution in [-0.4, -0.2) is 27.5 Å². The minimum absolute atomic E-state index is 0.486. The molecule has 0 fully saturated rings. The quantitative estimate of drug-likeness (QED) is 0.464. The lowest BCUT2D eigenvalue weighted by atomic mass is 10.1. The first-order valence-electron chi connectivity index (χ1n) is 9.57. The molecule has 0 aliphatic rings. The normalized spacial score (nSPS) is 11.6. The second kappa shape index (κ2) is 9.73. The van der Waals surface area contributed by atoms with Gasteiger partial charge in [-0.05, 0) is 32.3 Å². The number of oxazole rings is 1. The lowest BCUT2D eigenvalue weighted by molar-refractivity contribution is 0.463. The van der Waals surface area contributed by atoms with E-state index in [1.165, 1.54) is 5.56 Å². The van der Waals surface area contributed by atoms with Crippen LogP contribution >= 0.6 is 0 Å². The molecule has 0 amide bonds. The highest BCUT2D eigenvalue weighted by molar-refractivity contribution is 5.79. The van der Waals surface area contributed by atoms with Gasteiger partial charge >= 0.3 is 0 Å². The Hall–Kier alpha value is -3.09. The second-order valence-corrected chi connectivity index (χ2v) is 6.65. The van der Waals surface area contributed by atoms with E-state index < -0.39 is 0 Å². The number of aliphatic imine (C=N–C) groups is 1. The number of benzene rings is 1. The molecule has 2 aromatic heterocycles. The number of nitrogens with zero attached hydrogens (tertiary/aromatic N) is 4. The molecule has 0 saturated heterocycles. The number of nitrogens with one attached hydrogen (secondary N) is 2. The molecule has 0 atom stereocenters. The van der Waals surface area contributed by atoms with Crippen LogP contribution in [0.5, 0.6) is 0 Å². The summed E-state index contributed by atoms with van der Waals surface area (Å²) >= 11 is 0. The smallest absolute Gasteiger partial charge is 0.214 e. The number of aromatic nitrogens is 3. The van der Waals surface area contributed by atoms with Crippen LogP contribution in [0, 0.1) is 13.8 Å². The molecule has 0 aliphatic carbocycles. The first-order valence-corrected chi connectivity index (χ1v) is 9.57. The third-order valence-electron chi connectivity index (χ3n) is 4.63. The van der Waals surface area contributed by atoms with Crippen LogP contribution in [-0.2, 0) is 26.1 Å². The zero-order chi connectivity index (χ0) is 19.8. The number of hydrogen-bond acceptors (Lipinski definition) is 4. The van der Waals surface area contributed by atoms with Gasteiger partial charge in [0.1, 0.15) is 11.6 Å². The van der Waals surface area contributed by atoms with Crippen LogP contribution in [0.2, 0.25) is 0 Å². The standard InChI is InChI=1S/C21H28N6O/c1-16-17(2)28-20(26-16)15-25-21(22-3)24-14-19-23-11-13-27(19)12-7-10-18-8-5-4-6-9-18/h4-6,8-9,11,13H,7,10,12,14-15H2,1-3H3,(H2,22,24,25). The molecule has 2 heterocycles. The van der Waals surface area contributed by atoms with Gasteiger partial charge in [-0.2, -0.15) is 0 Å². The van der Waals surface area contributed by atoms with Gasteiger partial charge in [0.25, 0.3) is 0 Å². The third-order valence-corrected chi connectivity index (χ3v) is 4.63. The maximum Gasteiger partial charge on any atom is 0.214 e. The fraction of sp³-hybridized carbons (Fsp3) is 0.381. The van der Waals surface area contributed by atoms with Crippen molar-refractivity contribution in [2.75, 3.05) is 7.05 Å². The zero-order valence-electron chi connectivity index (χ0n) is 16.8. The van der Waals surface area contributed by atoms with E-state index in [4.69, 9.17) is 4.42 Å². The highest BCUT2D eigenvalue weighted by Gasteiger charge is 2.08. The number of hydrogen-bond donors (Lipinski definition) is 2. The van der Waals surface area contributed by atoms with Gasteiger partial charge < -0.3 is 19.6 Å². The molecule has 3 rings (SSSR count). The molecule has 0 radical (unpaired) electrons. The number of rotatable bonds is 8. The molecule has 0 bridgehead atoms. The van der Waals surface area contributed by atoms with Gasteiger partial charge in [0.15, 0.2) is 5.96 Å². The topological polar surface area (TPSA) is 80.3 Å². The van der Waals surface area contributed by atoms with Gasteiger partial charge in [-0.15, -0.1) is 0 Å². The van der Waals surface area contributed by atoms with Crippen LogP contribution in [0.1, 0.15) is 35.2 Å². The molecule has 7 heteroatoms. The van der Waals surface area contributed by atoms with Crippen LogP contribution in [0.3, 0.4) is 0 Å². The van der Waals surface area contributed by atoms with Crippen molar-refractivity contribution in [1.82, 2.24) is 25.2 Å². The predicted molar refractivity (Wildman–Crippen MR) is 110 cm³/mol. The van der Waals surface area contributed by atoms with Crippen molar-refractivity contribution in [1.29, 1.82) is 0 Å². The summed E-state index contributed by atoms with van der Waals surface area (Å²) in [6.07, 6.45) is 6.00. The summed E-state index contributed by atoms with van der Waals surface area (Å²) in [7, 11) is 1.74. The predicted octanol–water partition coefficient (Wildman–Crippen LogP) is 2.99. The van der Waals surface area contributed by atoms with E-state index >= 15 is 0 Å². The third kappa shape index (κ3) is 5.45. The van der Waals surface area contributed by atoms with Crippen LogP contribution in [0.4, 0.5) is 0 Å². The number of guanidine groups is 1. The molecule has 0 saturated carbocycles. The van der Waals surface area contributed by atoms with Crippen molar-refractivity contribution in [3.8, 4) is 0 Å². The van der Waals surface area contributed by atoms with E-state index in [0.717, 1.165) is 36.7 Å². The van der Waals surface area contributed by atoms with E-state index in [1.807, 2.05) is 32.3 Å². The number of aryl methyl sites for hydroxylation is 4. The molecule has 0 unspecified atom stereocenters. The van der Waals surface area contributed by atoms with Crippen molar-refractivity contribution in [2.45, 2.75) is 46.3 Å². The molecule has 28 heavy (non-hydrogen) atoms. The van der Waals surface area contributed by atoms with E-state index in [-0.39, 0.29) is 0 Å². The molecular formula is C21H28N6O. The molecule has 0 aliphatic heterocycles. The van der Waals surface area contributed by atoms with E-state index in [9.17, 15) is 0 Å². The molecule has 0 spiro atoms. The molecule has 2 N–H and O–H groups in total. The Kier molecular flexibility index (Phi) is 6.84. The first kappa shape index (κ1) is 19.7. The zero-order valence-corrected chi connectivity index (χ0v) is 16.8. The van der Waals surface area contributed by atoms with Crippen molar-refractivity contribution >= 4 is 5.96 Å². The average molecular weight is 380 g/mol. The maximum absolute atomic E-state index is 5.59. The van der Waals surface area contributed by atoms with Crippen LogP contribution in [0.15, 0.2) is 52.1 Å². The van der Waals surface area contributed by atoms with Crippen LogP contribution < -0.4 is 10.6 Å². The molecule has 1 aromatic carbocycles. The van der Waals surface area contributed by atoms with Gasteiger partial charge in [0, 0.05) is 26.0 Å². The van der Waals surface area contributed by atoms with Gasteiger partial charge in [0.2, 0.25) is 5.89 Å². The monoisotopic (exact) mass is 380 g/mol. The minimum Gasteiger partial charge on any atom is -0.444 e. The summed E-state index contributed by atoms with van der Waals surface area (Å²) in [6.45, 7) is 5.87. The Morgan fingerprint density at radius 1 is 1.14 bits per heavy atom. The summed E-state index contributed by atoms with van der Waals surface area (Å²) < 4.78 is 7.77. The Morgan fingerprint density at radius 2 is 1.93 bits per heavy atom. The maximum atomic E-state index is 5.59. The Labute approximate surface area is 165 Å². The average Bonchev–Trinajstić information content (AvgIpc) is 3.29. The molecule has 3 aromatic rings. The molecular weight excluding hydrogens is 352 g/mol. The highest BCUT2D eigenvalue weighted by atomic mass is 16.4. The van der Waals surface area contributed by atoms with Gasteiger partial charge in [0.05, 0.1) is 18.8 Å². The lowest BCUT2D eigenvalue weighted by Crippen LogP contribution is -2.37. The van der Waals surface area contributed by atoms with E-state index in [1.54, 1.807) is 7.05 Å². The van der Waals surface area contributed by atoms with Gasteiger partial charge in [-0.3, -0.25) is 4.99 Å². The highest BCUT2D eigenvalue weighted by Crippen LogP contribution is 2.08. The fourth-order valence-electron chi connectivity index (χ4n) is 2.97. The van der Waals surface area contributed by atoms with Crippen molar-refractivity contribution < 1.29 is 4.42 Å². The Morgan fingerprint density at radius 3 is 2.64 bits per heavy atom. The Balaban J connectivity index is 1.46. The summed E-state index contributed by atoms with van der Waals surface area (Å²) in [5.74, 6) is 3.17. The van der Waals surface area contributed by atoms with Crippen molar-refractivity contribution in [2.24, 2.45) is 4.99 Å². The van der Waals surface area contributed by atoms with E-state index in [2.05, 4.69) is 54.4 Å². The summed E-state index contributed by atoms with van der Waals surface area (Å²) in [5.41, 5.74) is 2.28. The van der Waals surface area contributed by atoms with Gasteiger partial charge in [-0.25, -0.2) is 9.97 Å².